The van der Waals surface area contributed by atoms with E-state index >= 15 is 0 Å². The second-order valence-corrected chi connectivity index (χ2v) is 7.68. The van der Waals surface area contributed by atoms with E-state index in [2.05, 4.69) is 22.2 Å². The summed E-state index contributed by atoms with van der Waals surface area (Å²) in [5, 5.41) is 3.95. The third kappa shape index (κ3) is 5.18. The van der Waals surface area contributed by atoms with Gasteiger partial charge in [-0.05, 0) is 70.2 Å². The van der Waals surface area contributed by atoms with E-state index in [1.165, 1.54) is 7.11 Å². The van der Waals surface area contributed by atoms with Crippen LogP contribution in [0.3, 0.4) is 0 Å². The summed E-state index contributed by atoms with van der Waals surface area (Å²) in [6, 6.07) is 7.70. The number of esters is 1. The number of methoxy groups -OCH3 is 1. The summed E-state index contributed by atoms with van der Waals surface area (Å²) in [7, 11) is 3.55. The first kappa shape index (κ1) is 20.0. The zero-order chi connectivity index (χ0) is 19.2. The van der Waals surface area contributed by atoms with Gasteiger partial charge in [0.05, 0.1) is 24.5 Å². The minimum Gasteiger partial charge on any atom is -0.465 e. The van der Waals surface area contributed by atoms with E-state index < -0.39 is 0 Å². The number of ether oxygens (including phenoxy) is 2. The Morgan fingerprint density at radius 1 is 1.33 bits per heavy atom. The number of hydrogen-bond donors (Lipinski definition) is 1. The molecule has 2 aliphatic heterocycles. The third-order valence-corrected chi connectivity index (χ3v) is 5.72. The van der Waals surface area contributed by atoms with Crippen molar-refractivity contribution < 1.29 is 14.3 Å². The smallest absolute Gasteiger partial charge is 0.339 e. The Labute approximate surface area is 166 Å². The molecule has 2 aliphatic rings. The lowest BCUT2D eigenvalue weighted by Crippen LogP contribution is -2.50. The van der Waals surface area contributed by atoms with Crippen molar-refractivity contribution in [3.05, 3.63) is 29.8 Å². The van der Waals surface area contributed by atoms with E-state index in [0.29, 0.717) is 22.4 Å². The van der Waals surface area contributed by atoms with Gasteiger partial charge in [0.1, 0.15) is 0 Å². The molecule has 7 heteroatoms. The molecule has 1 aromatic carbocycles. The summed E-state index contributed by atoms with van der Waals surface area (Å²) in [5.41, 5.74) is 1.17. The lowest BCUT2D eigenvalue weighted by Gasteiger charge is -2.40. The number of nitrogens with one attached hydrogen (secondary N) is 1. The second kappa shape index (κ2) is 9.48. The summed E-state index contributed by atoms with van der Waals surface area (Å²) in [6.07, 6.45) is 4.55. The summed E-state index contributed by atoms with van der Waals surface area (Å²) in [5.74, 6) is -0.370. The minimum atomic E-state index is -0.370. The maximum absolute atomic E-state index is 12.1. The van der Waals surface area contributed by atoms with Crippen molar-refractivity contribution in [1.82, 2.24) is 9.80 Å². The normalized spacial score (nSPS) is 21.0. The molecule has 1 N–H and O–H groups in total. The molecule has 3 rings (SSSR count). The molecule has 0 saturated carbocycles. The standard InChI is InChI=1S/C20H29N3O3S/c1-22-11-9-15(10-12-22)23(14-16-6-5-13-26-16)20(27)21-18-8-4-3-7-17(18)19(24)25-2/h3-4,7-8,15-16H,5-6,9-14H2,1-2H3,(H,21,27). The predicted octanol–water partition coefficient (Wildman–Crippen LogP) is 2.75. The van der Waals surface area contributed by atoms with Crippen molar-refractivity contribution in [2.45, 2.75) is 37.8 Å². The fourth-order valence-corrected chi connectivity index (χ4v) is 4.11. The maximum atomic E-state index is 12.1. The first-order chi connectivity index (χ1) is 13.1. The van der Waals surface area contributed by atoms with Crippen LogP contribution in [0.2, 0.25) is 0 Å². The van der Waals surface area contributed by atoms with Gasteiger partial charge in [0.2, 0.25) is 0 Å². The van der Waals surface area contributed by atoms with Crippen LogP contribution in [0.1, 0.15) is 36.0 Å². The average molecular weight is 392 g/mol. The molecule has 2 heterocycles. The lowest BCUT2D eigenvalue weighted by molar-refractivity contribution is 0.0601. The Bertz CT molecular complexity index is 656. The molecule has 148 valence electrons. The van der Waals surface area contributed by atoms with Crippen LogP contribution in [0.4, 0.5) is 5.69 Å². The van der Waals surface area contributed by atoms with Crippen LogP contribution < -0.4 is 5.32 Å². The Hall–Kier alpha value is -1.70. The van der Waals surface area contributed by atoms with Gasteiger partial charge in [-0.15, -0.1) is 0 Å². The van der Waals surface area contributed by atoms with Gasteiger partial charge in [0, 0.05) is 19.2 Å². The Kier molecular flexibility index (Phi) is 7.04. The largest absolute Gasteiger partial charge is 0.465 e. The summed E-state index contributed by atoms with van der Waals surface area (Å²) < 4.78 is 10.8. The summed E-state index contributed by atoms with van der Waals surface area (Å²) >= 11 is 5.78. The fourth-order valence-electron chi connectivity index (χ4n) is 3.78. The molecule has 27 heavy (non-hydrogen) atoms. The van der Waals surface area contributed by atoms with Gasteiger partial charge in [-0.2, -0.15) is 0 Å². The van der Waals surface area contributed by atoms with Crippen LogP contribution in [0.15, 0.2) is 24.3 Å². The van der Waals surface area contributed by atoms with Crippen LogP contribution in [0.25, 0.3) is 0 Å². The number of thiocarbonyl (C=S) groups is 1. The topological polar surface area (TPSA) is 54.0 Å². The van der Waals surface area contributed by atoms with Gasteiger partial charge < -0.3 is 24.6 Å². The zero-order valence-electron chi connectivity index (χ0n) is 16.1. The molecule has 0 radical (unpaired) electrons. The van der Waals surface area contributed by atoms with Crippen molar-refractivity contribution >= 4 is 29.0 Å². The highest BCUT2D eigenvalue weighted by atomic mass is 32.1. The predicted molar refractivity (Wildman–Crippen MR) is 110 cm³/mol. The van der Waals surface area contributed by atoms with Gasteiger partial charge in [0.25, 0.3) is 0 Å². The van der Waals surface area contributed by atoms with Gasteiger partial charge in [-0.25, -0.2) is 4.79 Å². The Balaban J connectivity index is 1.75. The third-order valence-electron chi connectivity index (χ3n) is 5.39. The van der Waals surface area contributed by atoms with Crippen LogP contribution >= 0.6 is 12.2 Å². The molecule has 0 spiro atoms. The van der Waals surface area contributed by atoms with E-state index in [-0.39, 0.29) is 12.1 Å². The molecule has 1 unspecified atom stereocenters. The maximum Gasteiger partial charge on any atom is 0.339 e. The molecular formula is C20H29N3O3S. The molecule has 0 amide bonds. The number of carbonyl (C=O) groups excluding carboxylic acids is 1. The van der Waals surface area contributed by atoms with Crippen molar-refractivity contribution in [3.8, 4) is 0 Å². The zero-order valence-corrected chi connectivity index (χ0v) is 17.0. The molecular weight excluding hydrogens is 362 g/mol. The van der Waals surface area contributed by atoms with Gasteiger partial charge in [-0.3, -0.25) is 0 Å². The Morgan fingerprint density at radius 3 is 2.74 bits per heavy atom. The molecule has 0 bridgehead atoms. The first-order valence-corrected chi connectivity index (χ1v) is 10.0. The van der Waals surface area contributed by atoms with Gasteiger partial charge >= 0.3 is 5.97 Å². The number of piperidine rings is 1. The van der Waals surface area contributed by atoms with Crippen molar-refractivity contribution in [1.29, 1.82) is 0 Å². The monoisotopic (exact) mass is 391 g/mol. The SMILES string of the molecule is COC(=O)c1ccccc1NC(=S)N(CC1CCCO1)C1CCN(C)CC1. The van der Waals surface area contributed by atoms with Crippen LogP contribution in [0, 0.1) is 0 Å². The number of likely N-dealkylation sites (tertiary alicyclic amines) is 1. The highest BCUT2D eigenvalue weighted by Crippen LogP contribution is 2.23. The fraction of sp³-hybridized carbons (Fsp3) is 0.600. The average Bonchev–Trinajstić information content (AvgIpc) is 3.20. The van der Waals surface area contributed by atoms with Gasteiger partial charge in [-0.1, -0.05) is 12.1 Å². The molecule has 6 nitrogen and oxygen atoms in total. The molecule has 2 saturated heterocycles. The van der Waals surface area contributed by atoms with E-state index in [1.807, 2.05) is 18.2 Å². The molecule has 0 aromatic heterocycles. The first-order valence-electron chi connectivity index (χ1n) is 9.63. The van der Waals surface area contributed by atoms with E-state index in [0.717, 1.165) is 51.9 Å². The molecule has 1 aromatic rings. The quantitative estimate of drug-likeness (QED) is 0.612. The lowest BCUT2D eigenvalue weighted by atomic mass is 10.0. The summed E-state index contributed by atoms with van der Waals surface area (Å²) in [6.45, 7) is 3.75. The number of carbonyl (C=O) groups is 1. The minimum absolute atomic E-state index is 0.222. The highest BCUT2D eigenvalue weighted by molar-refractivity contribution is 7.80. The van der Waals surface area contributed by atoms with Gasteiger partial charge in [0.15, 0.2) is 5.11 Å². The number of nitrogens with zero attached hydrogens (tertiary/aromatic N) is 2. The van der Waals surface area contributed by atoms with E-state index in [1.54, 1.807) is 6.07 Å². The Morgan fingerprint density at radius 2 is 2.07 bits per heavy atom. The number of rotatable bonds is 5. The van der Waals surface area contributed by atoms with Crippen molar-refractivity contribution in [2.75, 3.05) is 45.7 Å². The number of para-hydroxylation sites is 1. The van der Waals surface area contributed by atoms with Crippen LogP contribution in [-0.4, -0.2) is 73.4 Å². The number of anilines is 1. The number of benzene rings is 1. The van der Waals surface area contributed by atoms with E-state index in [9.17, 15) is 4.79 Å². The molecule has 2 fully saturated rings. The van der Waals surface area contributed by atoms with Crippen LogP contribution in [-0.2, 0) is 9.47 Å². The van der Waals surface area contributed by atoms with Crippen molar-refractivity contribution in [3.63, 3.8) is 0 Å². The van der Waals surface area contributed by atoms with E-state index in [4.69, 9.17) is 21.7 Å². The van der Waals surface area contributed by atoms with Crippen LogP contribution in [0.5, 0.6) is 0 Å². The molecule has 0 aliphatic carbocycles. The highest BCUT2D eigenvalue weighted by Gasteiger charge is 2.29. The second-order valence-electron chi connectivity index (χ2n) is 7.29. The number of hydrogen-bond acceptors (Lipinski definition) is 5. The summed E-state index contributed by atoms with van der Waals surface area (Å²) in [4.78, 5) is 16.7. The van der Waals surface area contributed by atoms with Crippen molar-refractivity contribution in [2.24, 2.45) is 0 Å². The molecule has 1 atom stereocenters.